The van der Waals surface area contributed by atoms with Gasteiger partial charge in [-0.25, -0.2) is 13.2 Å². The molecular formula is C36H44F6O. The van der Waals surface area contributed by atoms with Crippen molar-refractivity contribution in [1.29, 1.82) is 0 Å². The van der Waals surface area contributed by atoms with Crippen LogP contribution in [0.25, 0.3) is 5.57 Å². The Bertz CT molecular complexity index is 1230. The molecule has 7 heteroatoms. The zero-order valence-electron chi connectivity index (χ0n) is 25.1. The fourth-order valence-corrected chi connectivity index (χ4v) is 8.01. The predicted octanol–water partition coefficient (Wildman–Crippen LogP) is 12.0. The van der Waals surface area contributed by atoms with Crippen LogP contribution in [-0.4, -0.2) is 6.36 Å². The Hall–Kier alpha value is -2.44. The van der Waals surface area contributed by atoms with Gasteiger partial charge in [0.1, 0.15) is 11.6 Å². The average molecular weight is 607 g/mol. The summed E-state index contributed by atoms with van der Waals surface area (Å²) in [6.07, 6.45) is 12.3. The highest BCUT2D eigenvalue weighted by atomic mass is 19.4. The zero-order valence-corrected chi connectivity index (χ0v) is 25.1. The van der Waals surface area contributed by atoms with E-state index in [1.807, 2.05) is 6.08 Å². The second-order valence-corrected chi connectivity index (χ2v) is 13.2. The van der Waals surface area contributed by atoms with Gasteiger partial charge in [0.15, 0.2) is 11.6 Å². The maximum atomic E-state index is 15.4. The third-order valence-corrected chi connectivity index (χ3v) is 10.5. The Balaban J connectivity index is 1.14. The molecule has 0 aromatic heterocycles. The fourth-order valence-electron chi connectivity index (χ4n) is 8.01. The highest BCUT2D eigenvalue weighted by Crippen LogP contribution is 2.45. The van der Waals surface area contributed by atoms with Crippen LogP contribution in [-0.2, 0) is 0 Å². The van der Waals surface area contributed by atoms with Gasteiger partial charge in [-0.05, 0) is 141 Å². The molecule has 236 valence electrons. The molecule has 0 heterocycles. The van der Waals surface area contributed by atoms with Crippen molar-refractivity contribution in [2.24, 2.45) is 17.8 Å². The molecule has 1 nitrogen and oxygen atoms in total. The molecule has 2 saturated carbocycles. The van der Waals surface area contributed by atoms with Gasteiger partial charge in [0.05, 0.1) is 0 Å². The van der Waals surface area contributed by atoms with Crippen LogP contribution >= 0.6 is 0 Å². The quantitative estimate of drug-likeness (QED) is 0.204. The van der Waals surface area contributed by atoms with E-state index in [0.717, 1.165) is 93.4 Å². The predicted molar refractivity (Wildman–Crippen MR) is 158 cm³/mol. The molecule has 0 aliphatic heterocycles. The topological polar surface area (TPSA) is 9.23 Å². The molecule has 0 amide bonds. The van der Waals surface area contributed by atoms with Crippen LogP contribution < -0.4 is 4.74 Å². The summed E-state index contributed by atoms with van der Waals surface area (Å²) in [6.45, 7) is 2.22. The van der Waals surface area contributed by atoms with Gasteiger partial charge in [0.2, 0.25) is 0 Å². The van der Waals surface area contributed by atoms with E-state index in [9.17, 15) is 17.6 Å². The number of ether oxygens (including phenoxy) is 1. The summed E-state index contributed by atoms with van der Waals surface area (Å²) in [5.41, 5.74) is 2.41. The van der Waals surface area contributed by atoms with Crippen molar-refractivity contribution in [3.8, 4) is 5.75 Å². The van der Waals surface area contributed by atoms with E-state index >= 15 is 8.78 Å². The molecule has 0 N–H and O–H groups in total. The molecule has 0 saturated heterocycles. The largest absolute Gasteiger partial charge is 0.573 e. The molecule has 2 aromatic carbocycles. The van der Waals surface area contributed by atoms with E-state index in [2.05, 4.69) is 11.7 Å². The molecule has 0 spiro atoms. The molecule has 2 aromatic rings. The van der Waals surface area contributed by atoms with E-state index < -0.39 is 29.6 Å². The van der Waals surface area contributed by atoms with Crippen LogP contribution in [0, 0.1) is 35.2 Å². The lowest BCUT2D eigenvalue weighted by Crippen LogP contribution is -2.23. The number of benzene rings is 2. The van der Waals surface area contributed by atoms with Crippen molar-refractivity contribution >= 4 is 5.57 Å². The molecule has 0 bridgehead atoms. The van der Waals surface area contributed by atoms with Gasteiger partial charge in [-0.3, -0.25) is 0 Å². The number of hydrogen-bond donors (Lipinski definition) is 0. The third kappa shape index (κ3) is 8.19. The Morgan fingerprint density at radius 1 is 0.721 bits per heavy atom. The Morgan fingerprint density at radius 2 is 1.35 bits per heavy atom. The van der Waals surface area contributed by atoms with Crippen molar-refractivity contribution in [2.75, 3.05) is 0 Å². The minimum absolute atomic E-state index is 0.0956. The lowest BCUT2D eigenvalue weighted by molar-refractivity contribution is -0.275. The highest BCUT2D eigenvalue weighted by Gasteiger charge is 2.34. The summed E-state index contributed by atoms with van der Waals surface area (Å²) in [4.78, 5) is 0. The minimum Gasteiger partial charge on any atom is -0.403 e. The SMILES string of the molecule is CCCCCC1CCC(c2cc(F)c(C3=CCC(C4CCC(c5ccc(OC(F)(F)F)c(F)c5)CC4)CC3)c(F)c2)CC1. The monoisotopic (exact) mass is 606 g/mol. The molecule has 2 fully saturated rings. The summed E-state index contributed by atoms with van der Waals surface area (Å²) in [5, 5.41) is 0. The van der Waals surface area contributed by atoms with Gasteiger partial charge < -0.3 is 4.74 Å². The summed E-state index contributed by atoms with van der Waals surface area (Å²) in [6, 6.07) is 6.91. The van der Waals surface area contributed by atoms with Gasteiger partial charge >= 0.3 is 6.36 Å². The highest BCUT2D eigenvalue weighted by molar-refractivity contribution is 5.67. The minimum atomic E-state index is -4.93. The van der Waals surface area contributed by atoms with Crippen molar-refractivity contribution in [1.82, 2.24) is 0 Å². The van der Waals surface area contributed by atoms with E-state index in [1.165, 1.54) is 31.7 Å². The first-order valence-electron chi connectivity index (χ1n) is 16.3. The van der Waals surface area contributed by atoms with Gasteiger partial charge in [0.25, 0.3) is 0 Å². The summed E-state index contributed by atoms with van der Waals surface area (Å²) < 4.78 is 86.1. The van der Waals surface area contributed by atoms with Crippen LogP contribution in [0.2, 0.25) is 0 Å². The van der Waals surface area contributed by atoms with Crippen molar-refractivity contribution in [3.63, 3.8) is 0 Å². The number of unbranched alkanes of at least 4 members (excludes halogenated alkanes) is 2. The molecule has 1 atom stereocenters. The van der Waals surface area contributed by atoms with Gasteiger partial charge in [-0.2, -0.15) is 0 Å². The van der Waals surface area contributed by atoms with Crippen LogP contribution in [0.3, 0.4) is 0 Å². The molecule has 3 aliphatic rings. The summed E-state index contributed by atoms with van der Waals surface area (Å²) >= 11 is 0. The van der Waals surface area contributed by atoms with E-state index in [0.29, 0.717) is 23.8 Å². The van der Waals surface area contributed by atoms with Crippen LogP contribution in [0.1, 0.15) is 132 Å². The van der Waals surface area contributed by atoms with Gasteiger partial charge in [0, 0.05) is 5.56 Å². The Morgan fingerprint density at radius 3 is 1.93 bits per heavy atom. The number of allylic oxidation sites excluding steroid dienone is 2. The Labute approximate surface area is 252 Å². The molecule has 5 rings (SSSR count). The van der Waals surface area contributed by atoms with Crippen LogP contribution in [0.4, 0.5) is 26.3 Å². The van der Waals surface area contributed by atoms with E-state index in [1.54, 1.807) is 12.1 Å². The first kappa shape index (κ1) is 32.0. The zero-order chi connectivity index (χ0) is 30.6. The number of hydrogen-bond acceptors (Lipinski definition) is 1. The first-order valence-corrected chi connectivity index (χ1v) is 16.3. The van der Waals surface area contributed by atoms with Crippen LogP contribution in [0.15, 0.2) is 36.4 Å². The number of alkyl halides is 3. The molecular weight excluding hydrogens is 562 g/mol. The van der Waals surface area contributed by atoms with Crippen molar-refractivity contribution in [3.05, 3.63) is 70.5 Å². The molecule has 1 unspecified atom stereocenters. The number of halogens is 6. The second-order valence-electron chi connectivity index (χ2n) is 13.2. The van der Waals surface area contributed by atoms with Gasteiger partial charge in [-0.15, -0.1) is 13.2 Å². The van der Waals surface area contributed by atoms with Crippen LogP contribution in [0.5, 0.6) is 5.75 Å². The molecule has 43 heavy (non-hydrogen) atoms. The van der Waals surface area contributed by atoms with Crippen molar-refractivity contribution < 1.29 is 31.1 Å². The lowest BCUT2D eigenvalue weighted by atomic mass is 9.70. The summed E-state index contributed by atoms with van der Waals surface area (Å²) in [5.74, 6) is -0.696. The van der Waals surface area contributed by atoms with Crippen molar-refractivity contribution in [2.45, 2.75) is 121 Å². The third-order valence-electron chi connectivity index (χ3n) is 10.5. The normalized spacial score (nSPS) is 26.7. The fraction of sp³-hybridized carbons (Fsp3) is 0.611. The van der Waals surface area contributed by atoms with Gasteiger partial charge in [-0.1, -0.05) is 44.7 Å². The first-order chi connectivity index (χ1) is 20.6. The summed E-state index contributed by atoms with van der Waals surface area (Å²) in [7, 11) is 0. The standard InChI is InChI=1S/C36H44F6O/c1-2-3-4-5-23-6-8-27(9-7-23)30-21-32(38)35(33(39)22-30)28-16-14-25(15-17-28)24-10-12-26(13-11-24)29-18-19-34(31(37)20-29)43-36(40,41)42/h16,18-27H,2-15,17H2,1H3. The van der Waals surface area contributed by atoms with E-state index in [4.69, 9.17) is 0 Å². The molecule has 3 aliphatic carbocycles. The second kappa shape index (κ2) is 14.1. The Kier molecular flexibility index (Phi) is 10.5. The lowest BCUT2D eigenvalue weighted by Gasteiger charge is -2.36. The maximum Gasteiger partial charge on any atom is 0.573 e. The average Bonchev–Trinajstić information content (AvgIpc) is 2.98. The maximum absolute atomic E-state index is 15.4. The van der Waals surface area contributed by atoms with E-state index in [-0.39, 0.29) is 17.4 Å². The molecule has 0 radical (unpaired) electrons. The number of rotatable bonds is 9. The smallest absolute Gasteiger partial charge is 0.403 e.